The number of hydrogen-bond acceptors (Lipinski definition) is 2. The van der Waals surface area contributed by atoms with E-state index in [1.54, 1.807) is 37.3 Å². The third-order valence-corrected chi connectivity index (χ3v) is 4.04. The quantitative estimate of drug-likeness (QED) is 0.838. The zero-order valence-electron chi connectivity index (χ0n) is 12.6. The van der Waals surface area contributed by atoms with E-state index in [9.17, 15) is 9.18 Å². The molecule has 0 heterocycles. The Morgan fingerprint density at radius 3 is 2.35 bits per heavy atom. The van der Waals surface area contributed by atoms with E-state index in [1.165, 1.54) is 12.1 Å². The fourth-order valence-corrected chi connectivity index (χ4v) is 2.26. The lowest BCUT2D eigenvalue weighted by Crippen LogP contribution is -2.37. The van der Waals surface area contributed by atoms with Crippen LogP contribution in [0.3, 0.4) is 0 Å². The number of halogens is 3. The molecule has 2 rings (SSSR count). The summed E-state index contributed by atoms with van der Waals surface area (Å²) in [6, 6.07) is 10.5. The van der Waals surface area contributed by atoms with Gasteiger partial charge in [-0.1, -0.05) is 35.3 Å². The molecule has 0 saturated heterocycles. The van der Waals surface area contributed by atoms with Crippen LogP contribution in [0, 0.1) is 5.82 Å². The lowest BCUT2D eigenvalue weighted by Gasteiger charge is -2.19. The molecular formula is C17H16Cl2FNO2. The van der Waals surface area contributed by atoms with Gasteiger partial charge in [-0.2, -0.15) is 0 Å². The lowest BCUT2D eigenvalue weighted by molar-refractivity contribution is -0.127. The summed E-state index contributed by atoms with van der Waals surface area (Å²) in [7, 11) is 0. The highest BCUT2D eigenvalue weighted by atomic mass is 35.5. The lowest BCUT2D eigenvalue weighted by atomic mass is 10.1. The van der Waals surface area contributed by atoms with E-state index in [-0.39, 0.29) is 17.8 Å². The second kappa shape index (κ2) is 7.66. The molecule has 1 amide bonds. The molecule has 23 heavy (non-hydrogen) atoms. The molecule has 0 fully saturated rings. The van der Waals surface area contributed by atoms with Gasteiger partial charge in [0.25, 0.3) is 5.91 Å². The molecule has 3 nitrogen and oxygen atoms in total. The van der Waals surface area contributed by atoms with Crippen molar-refractivity contribution in [1.82, 2.24) is 5.32 Å². The minimum Gasteiger partial charge on any atom is -0.481 e. The Balaban J connectivity index is 1.96. The molecule has 2 atom stereocenters. The first-order chi connectivity index (χ1) is 10.9. The summed E-state index contributed by atoms with van der Waals surface area (Å²) in [5.41, 5.74) is 0.807. The van der Waals surface area contributed by atoms with Crippen LogP contribution < -0.4 is 10.1 Å². The maximum Gasteiger partial charge on any atom is 0.261 e. The minimum atomic E-state index is -0.713. The summed E-state index contributed by atoms with van der Waals surface area (Å²) in [6.45, 7) is 3.45. The van der Waals surface area contributed by atoms with Gasteiger partial charge in [0, 0.05) is 6.07 Å². The van der Waals surface area contributed by atoms with E-state index in [4.69, 9.17) is 27.9 Å². The van der Waals surface area contributed by atoms with Crippen molar-refractivity contribution < 1.29 is 13.9 Å². The fourth-order valence-electron chi connectivity index (χ4n) is 1.97. The SMILES string of the molecule is C[C@H](Oc1ccc(Cl)c(Cl)c1)C(=O)N[C@H](C)c1ccc(F)cc1. The molecule has 122 valence electrons. The topological polar surface area (TPSA) is 38.3 Å². The number of hydrogen-bond donors (Lipinski definition) is 1. The number of nitrogens with one attached hydrogen (secondary N) is 1. The first-order valence-electron chi connectivity index (χ1n) is 7.04. The Morgan fingerprint density at radius 1 is 1.09 bits per heavy atom. The number of ether oxygens (including phenoxy) is 1. The molecule has 0 aromatic heterocycles. The Labute approximate surface area is 144 Å². The molecular weight excluding hydrogens is 340 g/mol. The minimum absolute atomic E-state index is 0.261. The van der Waals surface area contributed by atoms with Gasteiger partial charge in [-0.25, -0.2) is 4.39 Å². The summed E-state index contributed by atoms with van der Waals surface area (Å²) in [6.07, 6.45) is -0.713. The molecule has 0 aliphatic heterocycles. The number of benzene rings is 2. The molecule has 0 aliphatic carbocycles. The van der Waals surface area contributed by atoms with Crippen molar-refractivity contribution in [1.29, 1.82) is 0 Å². The molecule has 0 unspecified atom stereocenters. The van der Waals surface area contributed by atoms with Crippen molar-refractivity contribution >= 4 is 29.1 Å². The maximum atomic E-state index is 12.9. The number of carbonyl (C=O) groups excluding carboxylic acids is 1. The van der Waals surface area contributed by atoms with E-state index >= 15 is 0 Å². The van der Waals surface area contributed by atoms with E-state index in [1.807, 2.05) is 6.92 Å². The molecule has 0 radical (unpaired) electrons. The summed E-state index contributed by atoms with van der Waals surface area (Å²) < 4.78 is 18.5. The summed E-state index contributed by atoms with van der Waals surface area (Å²) in [5.74, 6) is -0.145. The Hall–Kier alpha value is -1.78. The second-order valence-electron chi connectivity index (χ2n) is 5.12. The van der Waals surface area contributed by atoms with E-state index in [0.717, 1.165) is 5.56 Å². The Morgan fingerprint density at radius 2 is 1.74 bits per heavy atom. The van der Waals surface area contributed by atoms with E-state index in [0.29, 0.717) is 15.8 Å². The standard InChI is InChI=1S/C17H16Cl2FNO2/c1-10(12-3-5-13(20)6-4-12)21-17(22)11(2)23-14-7-8-15(18)16(19)9-14/h3-11H,1-2H3,(H,21,22)/t10-,11+/m1/s1. The smallest absolute Gasteiger partial charge is 0.261 e. The molecule has 1 N–H and O–H groups in total. The third-order valence-electron chi connectivity index (χ3n) is 3.30. The first kappa shape index (κ1) is 17.6. The summed E-state index contributed by atoms with van der Waals surface area (Å²) >= 11 is 11.7. The molecule has 0 aliphatic rings. The maximum absolute atomic E-state index is 12.9. The predicted octanol–water partition coefficient (Wildman–Crippen LogP) is 4.78. The van der Waals surface area contributed by atoms with Crippen molar-refractivity contribution in [2.75, 3.05) is 0 Å². The van der Waals surface area contributed by atoms with Crippen LogP contribution >= 0.6 is 23.2 Å². The van der Waals surface area contributed by atoms with Gasteiger partial charge >= 0.3 is 0 Å². The largest absolute Gasteiger partial charge is 0.481 e. The van der Waals surface area contributed by atoms with E-state index < -0.39 is 6.10 Å². The normalized spacial score (nSPS) is 13.3. The van der Waals surface area contributed by atoms with Gasteiger partial charge < -0.3 is 10.1 Å². The van der Waals surface area contributed by atoms with Crippen LogP contribution in [0.25, 0.3) is 0 Å². The summed E-state index contributed by atoms with van der Waals surface area (Å²) in [4.78, 5) is 12.2. The Kier molecular flexibility index (Phi) is 5.85. The van der Waals surface area contributed by atoms with Gasteiger partial charge in [0.15, 0.2) is 6.10 Å². The van der Waals surface area contributed by atoms with Crippen LogP contribution in [0.15, 0.2) is 42.5 Å². The van der Waals surface area contributed by atoms with Crippen LogP contribution in [-0.4, -0.2) is 12.0 Å². The van der Waals surface area contributed by atoms with Gasteiger partial charge in [-0.15, -0.1) is 0 Å². The van der Waals surface area contributed by atoms with Crippen molar-refractivity contribution in [3.05, 3.63) is 63.9 Å². The van der Waals surface area contributed by atoms with Gasteiger partial charge in [-0.05, 0) is 43.7 Å². The highest BCUT2D eigenvalue weighted by Gasteiger charge is 2.18. The fraction of sp³-hybridized carbons (Fsp3) is 0.235. The number of carbonyl (C=O) groups is 1. The third kappa shape index (κ3) is 4.85. The zero-order valence-corrected chi connectivity index (χ0v) is 14.2. The first-order valence-corrected chi connectivity index (χ1v) is 7.80. The van der Waals surface area contributed by atoms with Crippen LogP contribution in [-0.2, 0) is 4.79 Å². The van der Waals surface area contributed by atoms with Crippen LogP contribution in [0.5, 0.6) is 5.75 Å². The van der Waals surface area contributed by atoms with Crippen molar-refractivity contribution in [2.45, 2.75) is 26.0 Å². The van der Waals surface area contributed by atoms with Crippen LogP contribution in [0.2, 0.25) is 10.0 Å². The molecule has 0 bridgehead atoms. The molecule has 6 heteroatoms. The van der Waals surface area contributed by atoms with Gasteiger partial charge in [0.05, 0.1) is 16.1 Å². The monoisotopic (exact) mass is 355 g/mol. The van der Waals surface area contributed by atoms with Crippen molar-refractivity contribution in [3.8, 4) is 5.75 Å². The number of rotatable bonds is 5. The van der Waals surface area contributed by atoms with Gasteiger partial charge in [0.1, 0.15) is 11.6 Å². The zero-order chi connectivity index (χ0) is 17.0. The molecule has 0 saturated carbocycles. The van der Waals surface area contributed by atoms with Gasteiger partial charge in [-0.3, -0.25) is 4.79 Å². The average Bonchev–Trinajstić information content (AvgIpc) is 2.51. The van der Waals surface area contributed by atoms with Gasteiger partial charge in [0.2, 0.25) is 0 Å². The van der Waals surface area contributed by atoms with E-state index in [2.05, 4.69) is 5.32 Å². The number of amides is 1. The average molecular weight is 356 g/mol. The van der Waals surface area contributed by atoms with Crippen LogP contribution in [0.1, 0.15) is 25.5 Å². The second-order valence-corrected chi connectivity index (χ2v) is 5.93. The Bertz CT molecular complexity index is 691. The van der Waals surface area contributed by atoms with Crippen molar-refractivity contribution in [3.63, 3.8) is 0 Å². The molecule has 2 aromatic rings. The highest BCUT2D eigenvalue weighted by molar-refractivity contribution is 6.42. The predicted molar refractivity (Wildman–Crippen MR) is 89.5 cm³/mol. The summed E-state index contributed by atoms with van der Waals surface area (Å²) in [5, 5.41) is 3.59. The van der Waals surface area contributed by atoms with Crippen molar-refractivity contribution in [2.24, 2.45) is 0 Å². The van der Waals surface area contributed by atoms with Crippen LogP contribution in [0.4, 0.5) is 4.39 Å². The molecule has 2 aromatic carbocycles. The molecule has 0 spiro atoms. The highest BCUT2D eigenvalue weighted by Crippen LogP contribution is 2.27.